The van der Waals surface area contributed by atoms with E-state index in [9.17, 15) is 0 Å². The zero-order valence-corrected chi connectivity index (χ0v) is 12.3. The van der Waals surface area contributed by atoms with Crippen LogP contribution in [0.2, 0.25) is 5.02 Å². The number of anilines is 1. The summed E-state index contributed by atoms with van der Waals surface area (Å²) >= 11 is 6.18. The molecule has 2 heterocycles. The first-order valence-corrected chi connectivity index (χ1v) is 7.56. The number of benzene rings is 2. The molecule has 0 aromatic heterocycles. The van der Waals surface area contributed by atoms with Crippen LogP contribution < -0.4 is 10.6 Å². The van der Waals surface area contributed by atoms with Crippen molar-refractivity contribution < 1.29 is 0 Å². The fourth-order valence-electron chi connectivity index (χ4n) is 3.36. The van der Waals surface area contributed by atoms with Crippen LogP contribution in [0.15, 0.2) is 53.5 Å². The maximum absolute atomic E-state index is 6.88. The Morgan fingerprint density at radius 2 is 2.00 bits per heavy atom. The highest BCUT2D eigenvalue weighted by atomic mass is 35.5. The summed E-state index contributed by atoms with van der Waals surface area (Å²) in [5, 5.41) is 0.699. The smallest absolute Gasteiger partial charge is 0.133 e. The minimum atomic E-state index is -0.706. The number of para-hydroxylation sites is 1. The Hall–Kier alpha value is -1.84. The molecule has 2 N–H and O–H groups in total. The quantitative estimate of drug-likeness (QED) is 0.878. The normalized spacial score (nSPS) is 23.5. The molecule has 106 valence electrons. The number of nitrogens with two attached hydrogens (primary N) is 1. The molecule has 0 amide bonds. The van der Waals surface area contributed by atoms with Crippen molar-refractivity contribution in [3.05, 3.63) is 64.7 Å². The monoisotopic (exact) mass is 297 g/mol. The molecule has 21 heavy (non-hydrogen) atoms. The van der Waals surface area contributed by atoms with Crippen LogP contribution in [-0.4, -0.2) is 18.9 Å². The molecule has 0 saturated carbocycles. The second kappa shape index (κ2) is 4.58. The topological polar surface area (TPSA) is 41.6 Å². The van der Waals surface area contributed by atoms with Crippen LogP contribution in [-0.2, 0) is 5.54 Å². The summed E-state index contributed by atoms with van der Waals surface area (Å²) in [5.74, 6) is 0.942. The van der Waals surface area contributed by atoms with Crippen LogP contribution in [0.1, 0.15) is 17.5 Å². The van der Waals surface area contributed by atoms with Crippen molar-refractivity contribution in [3.8, 4) is 0 Å². The third kappa shape index (κ3) is 1.74. The van der Waals surface area contributed by atoms with E-state index in [0.29, 0.717) is 5.02 Å². The second-order valence-electron chi connectivity index (χ2n) is 5.55. The third-order valence-electron chi connectivity index (χ3n) is 4.31. The zero-order chi connectivity index (χ0) is 14.4. The average Bonchev–Trinajstić information content (AvgIpc) is 2.79. The van der Waals surface area contributed by atoms with Crippen molar-refractivity contribution in [1.82, 2.24) is 0 Å². The Morgan fingerprint density at radius 1 is 1.14 bits per heavy atom. The highest BCUT2D eigenvalue weighted by Gasteiger charge is 2.47. The number of halogens is 1. The van der Waals surface area contributed by atoms with Gasteiger partial charge < -0.3 is 10.6 Å². The van der Waals surface area contributed by atoms with E-state index in [1.54, 1.807) is 0 Å². The lowest BCUT2D eigenvalue weighted by molar-refractivity contribution is 0.705. The molecule has 0 fully saturated rings. The Kier molecular flexibility index (Phi) is 2.81. The second-order valence-corrected chi connectivity index (χ2v) is 5.98. The molecule has 0 bridgehead atoms. The van der Waals surface area contributed by atoms with Gasteiger partial charge in [-0.05, 0) is 30.2 Å². The lowest BCUT2D eigenvalue weighted by atomic mass is 9.84. The van der Waals surface area contributed by atoms with E-state index in [4.69, 9.17) is 22.3 Å². The van der Waals surface area contributed by atoms with Gasteiger partial charge in [-0.2, -0.15) is 0 Å². The first kappa shape index (κ1) is 12.9. The Bertz CT molecular complexity index is 740. The first-order chi connectivity index (χ1) is 10.2. The molecular weight excluding hydrogens is 282 g/mol. The molecule has 3 nitrogen and oxygen atoms in total. The van der Waals surface area contributed by atoms with E-state index in [1.165, 1.54) is 5.69 Å². The lowest BCUT2D eigenvalue weighted by Gasteiger charge is -2.31. The van der Waals surface area contributed by atoms with Crippen molar-refractivity contribution in [1.29, 1.82) is 0 Å². The van der Waals surface area contributed by atoms with Crippen LogP contribution in [0.5, 0.6) is 0 Å². The van der Waals surface area contributed by atoms with Gasteiger partial charge in [-0.15, -0.1) is 0 Å². The van der Waals surface area contributed by atoms with Crippen LogP contribution in [0.25, 0.3) is 0 Å². The molecule has 1 atom stereocenters. The largest absolute Gasteiger partial charge is 0.328 e. The average molecular weight is 298 g/mol. The van der Waals surface area contributed by atoms with E-state index in [1.807, 2.05) is 30.3 Å². The number of rotatable bonds is 1. The maximum Gasteiger partial charge on any atom is 0.133 e. The Morgan fingerprint density at radius 3 is 2.86 bits per heavy atom. The van der Waals surface area contributed by atoms with Crippen LogP contribution >= 0.6 is 11.6 Å². The molecule has 0 spiro atoms. The third-order valence-corrected chi connectivity index (χ3v) is 4.54. The summed E-state index contributed by atoms with van der Waals surface area (Å²) in [6, 6.07) is 16.1. The van der Waals surface area contributed by atoms with Crippen molar-refractivity contribution in [2.45, 2.75) is 12.0 Å². The van der Waals surface area contributed by atoms with Gasteiger partial charge in [-0.3, -0.25) is 4.99 Å². The van der Waals surface area contributed by atoms with Gasteiger partial charge in [-0.25, -0.2) is 0 Å². The van der Waals surface area contributed by atoms with Gasteiger partial charge in [0.25, 0.3) is 0 Å². The van der Waals surface area contributed by atoms with Crippen LogP contribution in [0, 0.1) is 0 Å². The predicted molar refractivity (Wildman–Crippen MR) is 87.1 cm³/mol. The van der Waals surface area contributed by atoms with Gasteiger partial charge in [-0.1, -0.05) is 41.9 Å². The van der Waals surface area contributed by atoms with Crippen molar-refractivity contribution in [2.75, 3.05) is 18.0 Å². The molecule has 1 unspecified atom stereocenters. The molecule has 2 aliphatic rings. The van der Waals surface area contributed by atoms with Gasteiger partial charge in [0.15, 0.2) is 0 Å². The molecule has 0 aliphatic carbocycles. The summed E-state index contributed by atoms with van der Waals surface area (Å²) < 4.78 is 0. The molecule has 0 radical (unpaired) electrons. The Labute approximate surface area is 129 Å². The summed E-state index contributed by atoms with van der Waals surface area (Å²) in [5.41, 5.74) is 9.44. The van der Waals surface area contributed by atoms with Gasteiger partial charge in [0.05, 0.1) is 0 Å². The van der Waals surface area contributed by atoms with E-state index in [2.05, 4.69) is 23.1 Å². The van der Waals surface area contributed by atoms with Gasteiger partial charge in [0, 0.05) is 29.4 Å². The minimum Gasteiger partial charge on any atom is -0.328 e. The fraction of sp³-hybridized carbons (Fsp3) is 0.235. The molecule has 2 aromatic rings. The first-order valence-electron chi connectivity index (χ1n) is 7.18. The summed E-state index contributed by atoms with van der Waals surface area (Å²) in [7, 11) is 0. The van der Waals surface area contributed by atoms with E-state index in [-0.39, 0.29) is 0 Å². The molecule has 4 rings (SSSR count). The Balaban J connectivity index is 2.00. The molecule has 2 aliphatic heterocycles. The maximum atomic E-state index is 6.88. The van der Waals surface area contributed by atoms with Crippen LogP contribution in [0.3, 0.4) is 0 Å². The van der Waals surface area contributed by atoms with Gasteiger partial charge in [0.1, 0.15) is 11.4 Å². The summed E-state index contributed by atoms with van der Waals surface area (Å²) in [4.78, 5) is 6.99. The van der Waals surface area contributed by atoms with Crippen molar-refractivity contribution in [2.24, 2.45) is 10.7 Å². The number of nitrogens with zero attached hydrogens (tertiary/aromatic N) is 2. The summed E-state index contributed by atoms with van der Waals surface area (Å²) in [6.07, 6.45) is 1.06. The number of amidine groups is 1. The molecule has 2 aromatic carbocycles. The zero-order valence-electron chi connectivity index (χ0n) is 11.6. The van der Waals surface area contributed by atoms with E-state index < -0.39 is 5.54 Å². The fourth-order valence-corrected chi connectivity index (χ4v) is 3.55. The SMILES string of the molecule is NC1(c2cccc(Cl)c2)C2=NCCCN2c2ccccc21. The molecule has 0 saturated heterocycles. The standard InChI is InChI=1S/C17H16ClN3/c18-13-6-3-5-12(11-13)17(19)14-7-1-2-8-15(14)21-10-4-9-20-16(17)21/h1-3,5-8,11H,4,9-10,19H2. The highest BCUT2D eigenvalue weighted by Crippen LogP contribution is 2.44. The van der Waals surface area contributed by atoms with E-state index in [0.717, 1.165) is 36.5 Å². The van der Waals surface area contributed by atoms with Gasteiger partial charge in [0.2, 0.25) is 0 Å². The molecule has 4 heteroatoms. The number of hydrogen-bond donors (Lipinski definition) is 1. The summed E-state index contributed by atoms with van der Waals surface area (Å²) in [6.45, 7) is 1.80. The van der Waals surface area contributed by atoms with E-state index >= 15 is 0 Å². The number of hydrogen-bond acceptors (Lipinski definition) is 3. The van der Waals surface area contributed by atoms with Crippen LogP contribution in [0.4, 0.5) is 5.69 Å². The lowest BCUT2D eigenvalue weighted by Crippen LogP contribution is -2.50. The predicted octanol–water partition coefficient (Wildman–Crippen LogP) is 3.16. The van der Waals surface area contributed by atoms with Gasteiger partial charge >= 0.3 is 0 Å². The highest BCUT2D eigenvalue weighted by molar-refractivity contribution is 6.30. The molecular formula is C17H16ClN3. The number of fused-ring (bicyclic) bond motifs is 3. The van der Waals surface area contributed by atoms with Crippen molar-refractivity contribution >= 4 is 23.1 Å². The number of aliphatic imine (C=N–C) groups is 1. The van der Waals surface area contributed by atoms with Crippen molar-refractivity contribution in [3.63, 3.8) is 0 Å². The minimum absolute atomic E-state index is 0.699.